The van der Waals surface area contributed by atoms with Crippen LogP contribution in [-0.4, -0.2) is 56.9 Å². The number of methoxy groups -OCH3 is 1. The number of nitrogens with one attached hydrogen (secondary N) is 1. The number of ether oxygens (including phenoxy) is 1. The number of sulfonamides is 1. The minimum atomic E-state index is -3.26. The molecule has 0 spiro atoms. The smallest absolute Gasteiger partial charge is 0.218 e. The lowest BCUT2D eigenvalue weighted by Crippen LogP contribution is -2.47. The van der Waals surface area contributed by atoms with Crippen LogP contribution in [0, 0.1) is 0 Å². The normalized spacial score (nSPS) is 19.6. The molecule has 1 fully saturated rings. The van der Waals surface area contributed by atoms with Crippen LogP contribution in [0.4, 0.5) is 0 Å². The van der Waals surface area contributed by atoms with Crippen LogP contribution in [0.25, 0.3) is 0 Å². The number of hydrogen-bond donors (Lipinski definition) is 1. The monoisotopic (exact) mass is 292 g/mol. The molecule has 0 aromatic heterocycles. The summed E-state index contributed by atoms with van der Waals surface area (Å²) < 4.78 is 31.8. The minimum Gasteiger partial charge on any atom is -0.383 e. The van der Waals surface area contributed by atoms with Crippen LogP contribution in [0.1, 0.15) is 40.0 Å². The highest BCUT2D eigenvalue weighted by molar-refractivity contribution is 7.89. The Morgan fingerprint density at radius 3 is 2.47 bits per heavy atom. The lowest BCUT2D eigenvalue weighted by molar-refractivity contribution is 0.167. The van der Waals surface area contributed by atoms with Gasteiger partial charge < -0.3 is 10.1 Å². The Hall–Kier alpha value is -0.170. The maximum atomic E-state index is 12.6. The van der Waals surface area contributed by atoms with Crippen molar-refractivity contribution in [3.05, 3.63) is 0 Å². The van der Waals surface area contributed by atoms with Crippen molar-refractivity contribution in [2.24, 2.45) is 0 Å². The van der Waals surface area contributed by atoms with Gasteiger partial charge in [-0.05, 0) is 33.1 Å². The summed E-state index contributed by atoms with van der Waals surface area (Å²) in [5.41, 5.74) is 0. The first-order chi connectivity index (χ1) is 8.93. The average Bonchev–Trinajstić information content (AvgIpc) is 3.19. The molecule has 1 aliphatic rings. The molecule has 0 aliphatic heterocycles. The van der Waals surface area contributed by atoms with Crippen LogP contribution < -0.4 is 5.32 Å². The molecule has 1 rings (SSSR count). The molecule has 0 aromatic rings. The highest BCUT2D eigenvalue weighted by Gasteiger charge is 2.32. The molecular formula is C13H28N2O3S. The summed E-state index contributed by atoms with van der Waals surface area (Å²) in [5, 5.41) is 2.90. The lowest BCUT2D eigenvalue weighted by atomic mass is 10.3. The van der Waals surface area contributed by atoms with Crippen LogP contribution in [0.3, 0.4) is 0 Å². The molecule has 0 saturated heterocycles. The van der Waals surface area contributed by atoms with E-state index in [2.05, 4.69) is 5.32 Å². The van der Waals surface area contributed by atoms with Gasteiger partial charge in [0.2, 0.25) is 10.0 Å². The van der Waals surface area contributed by atoms with Gasteiger partial charge in [0.15, 0.2) is 0 Å². The molecule has 1 N–H and O–H groups in total. The Bertz CT molecular complexity index is 355. The van der Waals surface area contributed by atoms with E-state index in [0.717, 1.165) is 6.42 Å². The molecule has 114 valence electrons. The van der Waals surface area contributed by atoms with Gasteiger partial charge in [-0.15, -0.1) is 0 Å². The van der Waals surface area contributed by atoms with E-state index < -0.39 is 10.0 Å². The molecule has 5 nitrogen and oxygen atoms in total. The van der Waals surface area contributed by atoms with E-state index in [4.69, 9.17) is 4.74 Å². The molecular weight excluding hydrogens is 264 g/mol. The Labute approximate surface area is 117 Å². The zero-order valence-corrected chi connectivity index (χ0v) is 13.4. The van der Waals surface area contributed by atoms with E-state index in [1.165, 1.54) is 12.8 Å². The number of hydrogen-bond acceptors (Lipinski definition) is 4. The van der Waals surface area contributed by atoms with Gasteiger partial charge in [0.1, 0.15) is 0 Å². The van der Waals surface area contributed by atoms with Gasteiger partial charge in [-0.2, -0.15) is 4.31 Å². The Kier molecular flexibility index (Phi) is 6.73. The van der Waals surface area contributed by atoms with Gasteiger partial charge in [-0.25, -0.2) is 8.42 Å². The van der Waals surface area contributed by atoms with Crippen LogP contribution in [0.15, 0.2) is 0 Å². The molecule has 6 heteroatoms. The first-order valence-electron chi connectivity index (χ1n) is 7.16. The predicted molar refractivity (Wildman–Crippen MR) is 77.7 cm³/mol. The molecule has 0 aromatic carbocycles. The van der Waals surface area contributed by atoms with Crippen molar-refractivity contribution in [1.82, 2.24) is 9.62 Å². The van der Waals surface area contributed by atoms with E-state index in [-0.39, 0.29) is 11.3 Å². The molecule has 0 radical (unpaired) electrons. The summed E-state index contributed by atoms with van der Waals surface area (Å²) in [5.74, 6) is 0. The van der Waals surface area contributed by atoms with Gasteiger partial charge in [0.05, 0.1) is 11.9 Å². The predicted octanol–water partition coefficient (Wildman–Crippen LogP) is 1.20. The van der Waals surface area contributed by atoms with E-state index in [1.807, 2.05) is 13.8 Å². The molecule has 0 amide bonds. The quantitative estimate of drug-likeness (QED) is 0.657. The van der Waals surface area contributed by atoms with Crippen molar-refractivity contribution >= 4 is 10.0 Å². The average molecular weight is 292 g/mol. The summed E-state index contributed by atoms with van der Waals surface area (Å²) in [7, 11) is -1.66. The molecule has 19 heavy (non-hydrogen) atoms. The number of rotatable bonds is 10. The SMILES string of the molecule is CCC(C)N(CCOC)S(=O)(=O)C(C)CNC1CC1. The second-order valence-corrected chi connectivity index (χ2v) is 7.70. The van der Waals surface area contributed by atoms with Crippen molar-refractivity contribution in [2.75, 3.05) is 26.8 Å². The second-order valence-electron chi connectivity index (χ2n) is 5.40. The molecule has 2 atom stereocenters. The fourth-order valence-electron chi connectivity index (χ4n) is 1.94. The third kappa shape index (κ3) is 5.02. The fraction of sp³-hybridized carbons (Fsp3) is 1.00. The van der Waals surface area contributed by atoms with Crippen molar-refractivity contribution < 1.29 is 13.2 Å². The van der Waals surface area contributed by atoms with Crippen LogP contribution in [0.2, 0.25) is 0 Å². The van der Waals surface area contributed by atoms with Gasteiger partial charge in [0, 0.05) is 32.3 Å². The second kappa shape index (κ2) is 7.57. The summed E-state index contributed by atoms with van der Waals surface area (Å²) >= 11 is 0. The van der Waals surface area contributed by atoms with Crippen molar-refractivity contribution in [2.45, 2.75) is 57.4 Å². The van der Waals surface area contributed by atoms with E-state index in [1.54, 1.807) is 18.3 Å². The topological polar surface area (TPSA) is 58.6 Å². The van der Waals surface area contributed by atoms with Gasteiger partial charge >= 0.3 is 0 Å². The minimum absolute atomic E-state index is 0.0172. The third-order valence-corrected chi connectivity index (χ3v) is 6.08. The number of nitrogens with zero attached hydrogens (tertiary/aromatic N) is 1. The molecule has 0 heterocycles. The largest absolute Gasteiger partial charge is 0.383 e. The zero-order chi connectivity index (χ0) is 14.5. The molecule has 1 aliphatic carbocycles. The van der Waals surface area contributed by atoms with Crippen LogP contribution >= 0.6 is 0 Å². The Balaban J connectivity index is 2.65. The molecule has 2 unspecified atom stereocenters. The van der Waals surface area contributed by atoms with Gasteiger partial charge in [-0.1, -0.05) is 6.92 Å². The molecule has 0 bridgehead atoms. The lowest BCUT2D eigenvalue weighted by Gasteiger charge is -2.30. The van der Waals surface area contributed by atoms with Crippen molar-refractivity contribution in [3.8, 4) is 0 Å². The standard InChI is InChI=1S/C13H28N2O3S/c1-5-11(2)15(8-9-18-4)19(16,17)12(3)10-14-13-6-7-13/h11-14H,5-10H2,1-4H3. The highest BCUT2D eigenvalue weighted by Crippen LogP contribution is 2.20. The maximum absolute atomic E-state index is 12.6. The van der Waals surface area contributed by atoms with Gasteiger partial charge in [-0.3, -0.25) is 0 Å². The fourth-order valence-corrected chi connectivity index (χ4v) is 3.69. The highest BCUT2D eigenvalue weighted by atomic mass is 32.2. The third-order valence-electron chi connectivity index (χ3n) is 3.70. The summed E-state index contributed by atoms with van der Waals surface area (Å²) in [4.78, 5) is 0. The van der Waals surface area contributed by atoms with Gasteiger partial charge in [0.25, 0.3) is 0 Å². The first kappa shape index (κ1) is 16.9. The zero-order valence-electron chi connectivity index (χ0n) is 12.6. The Morgan fingerprint density at radius 1 is 1.37 bits per heavy atom. The van der Waals surface area contributed by atoms with E-state index >= 15 is 0 Å². The van der Waals surface area contributed by atoms with E-state index in [0.29, 0.717) is 25.7 Å². The van der Waals surface area contributed by atoms with Crippen LogP contribution in [-0.2, 0) is 14.8 Å². The Morgan fingerprint density at radius 2 is 2.00 bits per heavy atom. The maximum Gasteiger partial charge on any atom is 0.218 e. The summed E-state index contributed by atoms with van der Waals surface area (Å²) in [6.07, 6.45) is 3.16. The molecule has 1 saturated carbocycles. The summed E-state index contributed by atoms with van der Waals surface area (Å²) in [6, 6.07) is 0.553. The first-order valence-corrected chi connectivity index (χ1v) is 8.66. The van der Waals surface area contributed by atoms with Crippen molar-refractivity contribution in [1.29, 1.82) is 0 Å². The van der Waals surface area contributed by atoms with E-state index in [9.17, 15) is 8.42 Å². The van der Waals surface area contributed by atoms with Crippen molar-refractivity contribution in [3.63, 3.8) is 0 Å². The summed E-state index contributed by atoms with van der Waals surface area (Å²) in [6.45, 7) is 7.15. The van der Waals surface area contributed by atoms with Crippen LogP contribution in [0.5, 0.6) is 0 Å².